The molecule has 0 aliphatic carbocycles. The second kappa shape index (κ2) is 10.0. The van der Waals surface area contributed by atoms with Crippen LogP contribution in [0.1, 0.15) is 25.8 Å². The first-order chi connectivity index (χ1) is 16.1. The quantitative estimate of drug-likeness (QED) is 0.457. The molecule has 0 spiro atoms. The first-order valence-corrected chi connectivity index (χ1v) is 11.0. The van der Waals surface area contributed by atoms with Crippen LogP contribution in [0.3, 0.4) is 0 Å². The number of hydrogen-bond donors (Lipinski definition) is 1. The number of ether oxygens (including phenoxy) is 2. The lowest BCUT2D eigenvalue weighted by molar-refractivity contribution is -0.120. The third-order valence-electron chi connectivity index (χ3n) is 5.13. The first-order valence-electron chi connectivity index (χ1n) is 11.0. The number of nitrogens with one attached hydrogen (secondary N) is 1. The van der Waals surface area contributed by atoms with Crippen molar-refractivity contribution in [2.24, 2.45) is 0 Å². The monoisotopic (exact) mass is 442 g/mol. The van der Waals surface area contributed by atoms with E-state index < -0.39 is 5.91 Å². The Hall–Kier alpha value is -4.06. The van der Waals surface area contributed by atoms with Crippen LogP contribution in [0.4, 0.5) is 11.4 Å². The number of nitrogens with zero attached hydrogens (tertiary/aromatic N) is 1. The second-order valence-corrected chi connectivity index (χ2v) is 7.49. The zero-order chi connectivity index (χ0) is 23.2. The first kappa shape index (κ1) is 22.1. The molecule has 0 bridgehead atoms. The van der Waals surface area contributed by atoms with Crippen molar-refractivity contribution in [3.63, 3.8) is 0 Å². The molecular weight excluding hydrogens is 416 g/mol. The summed E-state index contributed by atoms with van der Waals surface area (Å²) in [5.74, 6) is 0.585. The molecular formula is C27H26N2O4. The molecule has 0 saturated carbocycles. The molecule has 1 heterocycles. The van der Waals surface area contributed by atoms with E-state index in [1.807, 2.05) is 68.4 Å². The largest absolute Gasteiger partial charge is 0.494 e. The van der Waals surface area contributed by atoms with E-state index in [-0.39, 0.29) is 11.6 Å². The lowest BCUT2D eigenvalue weighted by Crippen LogP contribution is -2.32. The van der Waals surface area contributed by atoms with Gasteiger partial charge in [0.2, 0.25) is 0 Å². The van der Waals surface area contributed by atoms with Gasteiger partial charge in [0.05, 0.1) is 24.5 Å². The minimum atomic E-state index is -0.414. The van der Waals surface area contributed by atoms with Crippen LogP contribution in [0.2, 0.25) is 0 Å². The van der Waals surface area contributed by atoms with Crippen LogP contribution in [0.15, 0.2) is 84.6 Å². The highest BCUT2D eigenvalue weighted by atomic mass is 16.5. The van der Waals surface area contributed by atoms with Gasteiger partial charge >= 0.3 is 0 Å². The van der Waals surface area contributed by atoms with Gasteiger partial charge in [-0.25, -0.2) is 4.90 Å². The Morgan fingerprint density at radius 3 is 2.24 bits per heavy atom. The maximum Gasteiger partial charge on any atom is 0.282 e. The van der Waals surface area contributed by atoms with E-state index in [2.05, 4.69) is 5.32 Å². The number of imide groups is 1. The Balaban J connectivity index is 1.71. The topological polar surface area (TPSA) is 67.9 Å². The third-order valence-corrected chi connectivity index (χ3v) is 5.13. The van der Waals surface area contributed by atoms with Crippen molar-refractivity contribution in [1.82, 2.24) is 0 Å². The molecule has 6 heteroatoms. The lowest BCUT2D eigenvalue weighted by atomic mass is 10.0. The highest BCUT2D eigenvalue weighted by Crippen LogP contribution is 2.34. The summed E-state index contributed by atoms with van der Waals surface area (Å²) in [6, 6.07) is 23.5. The lowest BCUT2D eigenvalue weighted by Gasteiger charge is -2.16. The van der Waals surface area contributed by atoms with Gasteiger partial charge in [0, 0.05) is 11.8 Å². The Morgan fingerprint density at radius 2 is 1.55 bits per heavy atom. The van der Waals surface area contributed by atoms with E-state index in [4.69, 9.17) is 9.47 Å². The normalized spacial score (nSPS) is 13.5. The molecule has 1 N–H and O–H groups in total. The predicted molar refractivity (Wildman–Crippen MR) is 129 cm³/mol. The van der Waals surface area contributed by atoms with Gasteiger partial charge in [-0.05, 0) is 55.3 Å². The van der Waals surface area contributed by atoms with Crippen LogP contribution in [-0.4, -0.2) is 25.0 Å². The van der Waals surface area contributed by atoms with Gasteiger partial charge in [-0.15, -0.1) is 0 Å². The summed E-state index contributed by atoms with van der Waals surface area (Å²) in [6.45, 7) is 5.08. The highest BCUT2D eigenvalue weighted by Gasteiger charge is 2.40. The summed E-state index contributed by atoms with van der Waals surface area (Å²) in [4.78, 5) is 28.2. The Kier molecular flexibility index (Phi) is 6.74. The number of rotatable bonds is 9. The standard InChI is InChI=1S/C27H26N2O4/c1-3-17-33-23-12-8-11-20(18-23)28-25-24(19-9-6-5-7-10-19)26(30)29(27(25)31)21-13-15-22(16-14-21)32-4-2/h5-16,18,28H,3-4,17H2,1-2H3. The molecule has 2 amide bonds. The van der Waals surface area contributed by atoms with Crippen LogP contribution in [-0.2, 0) is 9.59 Å². The zero-order valence-electron chi connectivity index (χ0n) is 18.7. The smallest absolute Gasteiger partial charge is 0.282 e. The SMILES string of the molecule is CCCOc1cccc(NC2=C(c3ccccc3)C(=O)N(c3ccc(OCC)cc3)C2=O)c1. The molecule has 168 valence electrons. The average molecular weight is 443 g/mol. The Bertz CT molecular complexity index is 1170. The number of amides is 2. The fourth-order valence-electron chi connectivity index (χ4n) is 3.64. The van der Waals surface area contributed by atoms with Gasteiger partial charge < -0.3 is 14.8 Å². The molecule has 0 atom stereocenters. The van der Waals surface area contributed by atoms with Gasteiger partial charge in [-0.2, -0.15) is 0 Å². The molecule has 1 aliphatic rings. The summed E-state index contributed by atoms with van der Waals surface area (Å²) >= 11 is 0. The molecule has 4 rings (SSSR count). The minimum Gasteiger partial charge on any atom is -0.494 e. The van der Waals surface area contributed by atoms with Crippen LogP contribution in [0.25, 0.3) is 5.57 Å². The van der Waals surface area contributed by atoms with E-state index in [1.165, 1.54) is 4.90 Å². The summed E-state index contributed by atoms with van der Waals surface area (Å²) in [5.41, 5.74) is 2.38. The van der Waals surface area contributed by atoms with Crippen molar-refractivity contribution < 1.29 is 19.1 Å². The third kappa shape index (κ3) is 4.75. The second-order valence-electron chi connectivity index (χ2n) is 7.49. The number of hydrogen-bond acceptors (Lipinski definition) is 5. The van der Waals surface area contributed by atoms with Crippen molar-refractivity contribution in [1.29, 1.82) is 0 Å². The molecule has 1 aliphatic heterocycles. The van der Waals surface area contributed by atoms with Crippen molar-refractivity contribution in [3.8, 4) is 11.5 Å². The van der Waals surface area contributed by atoms with Gasteiger partial charge in [0.25, 0.3) is 11.8 Å². The van der Waals surface area contributed by atoms with Gasteiger partial charge in [-0.3, -0.25) is 9.59 Å². The van der Waals surface area contributed by atoms with E-state index in [1.54, 1.807) is 24.3 Å². The van der Waals surface area contributed by atoms with Gasteiger partial charge in [-0.1, -0.05) is 43.3 Å². The average Bonchev–Trinajstić information content (AvgIpc) is 3.08. The summed E-state index contributed by atoms with van der Waals surface area (Å²) in [7, 11) is 0. The van der Waals surface area contributed by atoms with Crippen LogP contribution in [0, 0.1) is 0 Å². The fourth-order valence-corrected chi connectivity index (χ4v) is 3.64. The number of carbonyl (C=O) groups is 2. The van der Waals surface area contributed by atoms with Crippen molar-refractivity contribution in [2.75, 3.05) is 23.4 Å². The molecule has 33 heavy (non-hydrogen) atoms. The number of benzene rings is 3. The predicted octanol–water partition coefficient (Wildman–Crippen LogP) is 5.27. The van der Waals surface area contributed by atoms with Gasteiger partial charge in [0.1, 0.15) is 17.2 Å². The molecule has 0 aromatic heterocycles. The molecule has 0 fully saturated rings. The van der Waals surface area contributed by atoms with Crippen molar-refractivity contribution in [3.05, 3.63) is 90.1 Å². The molecule has 0 radical (unpaired) electrons. The summed E-state index contributed by atoms with van der Waals surface area (Å²) in [6.07, 6.45) is 0.894. The van der Waals surface area contributed by atoms with Crippen molar-refractivity contribution in [2.45, 2.75) is 20.3 Å². The fraction of sp³-hybridized carbons (Fsp3) is 0.185. The molecule has 3 aromatic rings. The van der Waals surface area contributed by atoms with E-state index in [9.17, 15) is 9.59 Å². The minimum absolute atomic E-state index is 0.229. The van der Waals surface area contributed by atoms with Crippen LogP contribution in [0.5, 0.6) is 11.5 Å². The summed E-state index contributed by atoms with van der Waals surface area (Å²) in [5, 5.41) is 3.18. The molecule has 0 saturated heterocycles. The highest BCUT2D eigenvalue weighted by molar-refractivity contribution is 6.46. The maximum atomic E-state index is 13.5. The number of carbonyl (C=O) groups excluding carboxylic acids is 2. The van der Waals surface area contributed by atoms with E-state index in [0.717, 1.165) is 6.42 Å². The van der Waals surface area contributed by atoms with Gasteiger partial charge in [0.15, 0.2) is 0 Å². The Labute approximate surface area is 193 Å². The number of anilines is 2. The van der Waals surface area contributed by atoms with Crippen LogP contribution < -0.4 is 19.7 Å². The summed E-state index contributed by atoms with van der Waals surface area (Å²) < 4.78 is 11.2. The molecule has 0 unspecified atom stereocenters. The van der Waals surface area contributed by atoms with E-state index in [0.29, 0.717) is 47.2 Å². The van der Waals surface area contributed by atoms with Crippen molar-refractivity contribution >= 4 is 28.8 Å². The molecule has 3 aromatic carbocycles. The Morgan fingerprint density at radius 1 is 0.788 bits per heavy atom. The maximum absolute atomic E-state index is 13.5. The van der Waals surface area contributed by atoms with Crippen LogP contribution >= 0.6 is 0 Å². The van der Waals surface area contributed by atoms with E-state index >= 15 is 0 Å². The zero-order valence-corrected chi connectivity index (χ0v) is 18.7. The molecule has 6 nitrogen and oxygen atoms in total.